The number of ketones is 1. The molecular formula is C15H18O3. The van der Waals surface area contributed by atoms with Gasteiger partial charge >= 0.3 is 0 Å². The summed E-state index contributed by atoms with van der Waals surface area (Å²) in [5, 5.41) is 0. The molecule has 1 heterocycles. The summed E-state index contributed by atoms with van der Waals surface area (Å²) in [4.78, 5) is 11.2. The van der Waals surface area contributed by atoms with Crippen molar-refractivity contribution in [1.29, 1.82) is 0 Å². The molecule has 1 aliphatic heterocycles. The van der Waals surface area contributed by atoms with Gasteiger partial charge in [0.25, 0.3) is 0 Å². The summed E-state index contributed by atoms with van der Waals surface area (Å²) in [5.74, 6) is 1.72. The number of para-hydroxylation sites is 1. The fraction of sp³-hybridized carbons (Fsp3) is 0.533. The molecule has 0 radical (unpaired) electrons. The van der Waals surface area contributed by atoms with E-state index in [9.17, 15) is 4.79 Å². The van der Waals surface area contributed by atoms with Crippen molar-refractivity contribution >= 4 is 5.78 Å². The van der Waals surface area contributed by atoms with Crippen molar-refractivity contribution in [3.05, 3.63) is 29.8 Å². The third-order valence-corrected chi connectivity index (χ3v) is 3.82. The minimum Gasteiger partial charge on any atom is -0.493 e. The standard InChI is InChI=1S/C15H18O3/c16-12-5-7-13(8-6-12)17-9-11-10-18-15-4-2-1-3-14(11)15/h1-4,11,13H,5-10H2. The Labute approximate surface area is 107 Å². The van der Waals surface area contributed by atoms with Gasteiger partial charge < -0.3 is 9.47 Å². The van der Waals surface area contributed by atoms with Crippen molar-refractivity contribution in [3.8, 4) is 5.75 Å². The Morgan fingerprint density at radius 2 is 2.00 bits per heavy atom. The van der Waals surface area contributed by atoms with Gasteiger partial charge in [-0.2, -0.15) is 0 Å². The minimum atomic E-state index is 0.260. The van der Waals surface area contributed by atoms with E-state index in [0.29, 0.717) is 37.8 Å². The molecule has 0 aromatic heterocycles. The first-order chi connectivity index (χ1) is 8.83. The smallest absolute Gasteiger partial charge is 0.133 e. The maximum Gasteiger partial charge on any atom is 0.133 e. The van der Waals surface area contributed by atoms with Gasteiger partial charge in [0.05, 0.1) is 19.3 Å². The third-order valence-electron chi connectivity index (χ3n) is 3.82. The summed E-state index contributed by atoms with van der Waals surface area (Å²) < 4.78 is 11.6. The van der Waals surface area contributed by atoms with E-state index in [1.54, 1.807) is 0 Å². The average Bonchev–Trinajstić information content (AvgIpc) is 2.82. The second-order valence-electron chi connectivity index (χ2n) is 5.12. The number of hydrogen-bond donors (Lipinski definition) is 0. The van der Waals surface area contributed by atoms with E-state index in [0.717, 1.165) is 18.6 Å². The second kappa shape index (κ2) is 5.11. The van der Waals surface area contributed by atoms with Crippen LogP contribution in [0.4, 0.5) is 0 Å². The Balaban J connectivity index is 1.54. The SMILES string of the molecule is O=C1CCC(OCC2COc3ccccc32)CC1. The number of hydrogen-bond acceptors (Lipinski definition) is 3. The highest BCUT2D eigenvalue weighted by molar-refractivity contribution is 5.79. The molecular weight excluding hydrogens is 228 g/mol. The van der Waals surface area contributed by atoms with Crippen LogP contribution in [0.1, 0.15) is 37.2 Å². The van der Waals surface area contributed by atoms with Gasteiger partial charge in [-0.15, -0.1) is 0 Å². The van der Waals surface area contributed by atoms with Gasteiger partial charge in [0, 0.05) is 24.3 Å². The Hall–Kier alpha value is -1.35. The molecule has 0 N–H and O–H groups in total. The summed E-state index contributed by atoms with van der Waals surface area (Å²) in [7, 11) is 0. The lowest BCUT2D eigenvalue weighted by Crippen LogP contribution is -2.24. The molecule has 18 heavy (non-hydrogen) atoms. The van der Waals surface area contributed by atoms with Crippen LogP contribution >= 0.6 is 0 Å². The molecule has 1 fully saturated rings. The highest BCUT2D eigenvalue weighted by Gasteiger charge is 2.26. The maximum atomic E-state index is 11.2. The first-order valence-electron chi connectivity index (χ1n) is 6.68. The number of ether oxygens (including phenoxy) is 2. The van der Waals surface area contributed by atoms with Crippen LogP contribution in [0.25, 0.3) is 0 Å². The van der Waals surface area contributed by atoms with E-state index >= 15 is 0 Å². The summed E-state index contributed by atoms with van der Waals surface area (Å²) in [6.45, 7) is 1.42. The lowest BCUT2D eigenvalue weighted by atomic mass is 9.96. The topological polar surface area (TPSA) is 35.5 Å². The highest BCUT2D eigenvalue weighted by atomic mass is 16.5. The normalized spacial score (nSPS) is 23.8. The zero-order valence-electron chi connectivity index (χ0n) is 10.4. The van der Waals surface area contributed by atoms with Gasteiger partial charge in [0.2, 0.25) is 0 Å². The maximum absolute atomic E-state index is 11.2. The molecule has 1 unspecified atom stereocenters. The minimum absolute atomic E-state index is 0.260. The predicted octanol–water partition coefficient (Wildman–Crippen LogP) is 2.69. The number of benzene rings is 1. The molecule has 96 valence electrons. The van der Waals surface area contributed by atoms with Crippen LogP contribution in [0.15, 0.2) is 24.3 Å². The molecule has 1 atom stereocenters. The van der Waals surface area contributed by atoms with Crippen molar-refractivity contribution in [2.24, 2.45) is 0 Å². The number of Topliss-reactive ketones (excluding diaryl/α,β-unsaturated/α-hetero) is 1. The van der Waals surface area contributed by atoms with E-state index in [-0.39, 0.29) is 6.10 Å². The quantitative estimate of drug-likeness (QED) is 0.822. The Morgan fingerprint density at radius 1 is 1.22 bits per heavy atom. The summed E-state index contributed by atoms with van der Waals surface area (Å²) >= 11 is 0. The zero-order chi connectivity index (χ0) is 12.4. The first kappa shape index (κ1) is 11.7. The van der Waals surface area contributed by atoms with Gasteiger partial charge in [-0.1, -0.05) is 18.2 Å². The monoisotopic (exact) mass is 246 g/mol. The molecule has 1 aliphatic carbocycles. The molecule has 0 saturated heterocycles. The van der Waals surface area contributed by atoms with Crippen molar-refractivity contribution in [2.45, 2.75) is 37.7 Å². The van der Waals surface area contributed by atoms with Crippen LogP contribution in [0, 0.1) is 0 Å². The fourth-order valence-electron chi connectivity index (χ4n) is 2.70. The van der Waals surface area contributed by atoms with Gasteiger partial charge in [0.1, 0.15) is 11.5 Å². The predicted molar refractivity (Wildman–Crippen MR) is 67.9 cm³/mol. The van der Waals surface area contributed by atoms with Crippen LogP contribution in [0.2, 0.25) is 0 Å². The van der Waals surface area contributed by atoms with E-state index < -0.39 is 0 Å². The second-order valence-corrected chi connectivity index (χ2v) is 5.12. The number of rotatable bonds is 3. The third kappa shape index (κ3) is 2.41. The number of carbonyl (C=O) groups is 1. The average molecular weight is 246 g/mol. The lowest BCUT2D eigenvalue weighted by Gasteiger charge is -2.22. The summed E-state index contributed by atoms with van der Waals surface area (Å²) in [5.41, 5.74) is 1.25. The molecule has 0 spiro atoms. The van der Waals surface area contributed by atoms with Gasteiger partial charge in [-0.25, -0.2) is 0 Å². The molecule has 2 aliphatic rings. The van der Waals surface area contributed by atoms with Crippen LogP contribution in [0.3, 0.4) is 0 Å². The van der Waals surface area contributed by atoms with Crippen LogP contribution < -0.4 is 4.74 Å². The van der Waals surface area contributed by atoms with E-state index in [2.05, 4.69) is 6.07 Å². The largest absolute Gasteiger partial charge is 0.493 e. The molecule has 3 nitrogen and oxygen atoms in total. The molecule has 3 heteroatoms. The van der Waals surface area contributed by atoms with E-state index in [1.807, 2.05) is 18.2 Å². The van der Waals surface area contributed by atoms with Gasteiger partial charge in [-0.05, 0) is 18.9 Å². The lowest BCUT2D eigenvalue weighted by molar-refractivity contribution is -0.123. The zero-order valence-corrected chi connectivity index (χ0v) is 10.4. The molecule has 3 rings (SSSR count). The van der Waals surface area contributed by atoms with Crippen molar-refractivity contribution < 1.29 is 14.3 Å². The van der Waals surface area contributed by atoms with Crippen LogP contribution in [-0.4, -0.2) is 25.1 Å². The van der Waals surface area contributed by atoms with Crippen LogP contribution in [0.5, 0.6) is 5.75 Å². The molecule has 1 aromatic rings. The van der Waals surface area contributed by atoms with Gasteiger partial charge in [0.15, 0.2) is 0 Å². The van der Waals surface area contributed by atoms with Gasteiger partial charge in [-0.3, -0.25) is 4.79 Å². The van der Waals surface area contributed by atoms with Crippen molar-refractivity contribution in [2.75, 3.05) is 13.2 Å². The number of fused-ring (bicyclic) bond motifs is 1. The highest BCUT2D eigenvalue weighted by Crippen LogP contribution is 2.34. The van der Waals surface area contributed by atoms with Crippen molar-refractivity contribution in [3.63, 3.8) is 0 Å². The number of carbonyl (C=O) groups excluding carboxylic acids is 1. The van der Waals surface area contributed by atoms with Crippen molar-refractivity contribution in [1.82, 2.24) is 0 Å². The van der Waals surface area contributed by atoms with E-state index in [4.69, 9.17) is 9.47 Å². The molecule has 0 amide bonds. The fourth-order valence-corrected chi connectivity index (χ4v) is 2.70. The molecule has 1 saturated carbocycles. The molecule has 1 aromatic carbocycles. The summed E-state index contributed by atoms with van der Waals surface area (Å²) in [6.07, 6.45) is 3.39. The van der Waals surface area contributed by atoms with Crippen LogP contribution in [-0.2, 0) is 9.53 Å². The first-order valence-corrected chi connectivity index (χ1v) is 6.68. The Kier molecular flexibility index (Phi) is 3.33. The van der Waals surface area contributed by atoms with E-state index in [1.165, 1.54) is 5.56 Å². The Bertz CT molecular complexity index is 431. The molecule has 0 bridgehead atoms. The summed E-state index contributed by atoms with van der Waals surface area (Å²) in [6, 6.07) is 8.16. The Morgan fingerprint density at radius 3 is 2.83 bits per heavy atom.